The van der Waals surface area contributed by atoms with Crippen LogP contribution in [0, 0.1) is 7.14 Å². The summed E-state index contributed by atoms with van der Waals surface area (Å²) in [6, 6.07) is 5.86. The van der Waals surface area contributed by atoms with Crippen LogP contribution in [0.1, 0.15) is 5.56 Å². The van der Waals surface area contributed by atoms with Crippen LogP contribution in [0.3, 0.4) is 0 Å². The van der Waals surface area contributed by atoms with Gasteiger partial charge in [-0.15, -0.1) is 0 Å². The second-order valence-corrected chi connectivity index (χ2v) is 4.75. The van der Waals surface area contributed by atoms with E-state index in [2.05, 4.69) is 45.2 Å². The first kappa shape index (κ1) is 11.0. The van der Waals surface area contributed by atoms with Crippen LogP contribution < -0.4 is 0 Å². The largest absolute Gasteiger partial charge is 0.478 e. The summed E-state index contributed by atoms with van der Waals surface area (Å²) in [7, 11) is 0. The van der Waals surface area contributed by atoms with E-state index in [1.165, 1.54) is 0 Å². The Kier molecular flexibility index (Phi) is 4.17. The molecule has 0 spiro atoms. The molecule has 2 nitrogen and oxygen atoms in total. The Hall–Kier alpha value is -0.110. The van der Waals surface area contributed by atoms with Gasteiger partial charge in [0.2, 0.25) is 0 Å². The lowest BCUT2D eigenvalue weighted by Gasteiger charge is -1.97. The zero-order valence-electron chi connectivity index (χ0n) is 6.50. The van der Waals surface area contributed by atoms with Crippen molar-refractivity contribution in [2.45, 2.75) is 0 Å². The molecule has 1 aromatic rings. The van der Waals surface area contributed by atoms with Crippen LogP contribution in [0.2, 0.25) is 0 Å². The van der Waals surface area contributed by atoms with Gasteiger partial charge < -0.3 is 5.11 Å². The van der Waals surface area contributed by atoms with E-state index in [9.17, 15) is 4.79 Å². The van der Waals surface area contributed by atoms with Gasteiger partial charge in [-0.25, -0.2) is 4.79 Å². The molecule has 68 valence electrons. The van der Waals surface area contributed by atoms with E-state index < -0.39 is 5.97 Å². The highest BCUT2D eigenvalue weighted by atomic mass is 127. The average molecular weight is 400 g/mol. The SMILES string of the molecule is O=C(O)C=Cc1ccc(I)cc1I. The molecule has 0 aliphatic rings. The molecular formula is C9H6I2O2. The molecule has 1 aromatic carbocycles. The van der Waals surface area contributed by atoms with Gasteiger partial charge in [-0.3, -0.25) is 0 Å². The minimum atomic E-state index is -0.922. The Morgan fingerprint density at radius 3 is 2.62 bits per heavy atom. The van der Waals surface area contributed by atoms with Gasteiger partial charge in [-0.05, 0) is 69.0 Å². The number of halogens is 2. The molecule has 1 rings (SSSR count). The summed E-state index contributed by atoms with van der Waals surface area (Å²) >= 11 is 4.40. The first-order chi connectivity index (χ1) is 6.09. The van der Waals surface area contributed by atoms with Crippen LogP contribution in [0.4, 0.5) is 0 Å². The highest BCUT2D eigenvalue weighted by Gasteiger charge is 1.96. The third-order valence-electron chi connectivity index (χ3n) is 1.37. The fourth-order valence-corrected chi connectivity index (χ4v) is 2.58. The van der Waals surface area contributed by atoms with Gasteiger partial charge in [-0.2, -0.15) is 0 Å². The normalized spacial score (nSPS) is 10.6. The van der Waals surface area contributed by atoms with Crippen LogP contribution in [0.25, 0.3) is 6.08 Å². The topological polar surface area (TPSA) is 37.3 Å². The van der Waals surface area contributed by atoms with Gasteiger partial charge in [0.05, 0.1) is 0 Å². The van der Waals surface area contributed by atoms with Crippen molar-refractivity contribution in [1.29, 1.82) is 0 Å². The Morgan fingerprint density at radius 2 is 2.08 bits per heavy atom. The van der Waals surface area contributed by atoms with E-state index in [4.69, 9.17) is 5.11 Å². The van der Waals surface area contributed by atoms with E-state index in [-0.39, 0.29) is 0 Å². The third kappa shape index (κ3) is 3.63. The van der Waals surface area contributed by atoms with Crippen molar-refractivity contribution in [2.24, 2.45) is 0 Å². The molecule has 4 heteroatoms. The molecule has 13 heavy (non-hydrogen) atoms. The smallest absolute Gasteiger partial charge is 0.328 e. The molecule has 0 fully saturated rings. The van der Waals surface area contributed by atoms with Gasteiger partial charge in [0.1, 0.15) is 0 Å². The van der Waals surface area contributed by atoms with Gasteiger partial charge >= 0.3 is 5.97 Å². The Labute approximate surface area is 103 Å². The molecule has 0 saturated carbocycles. The molecule has 0 radical (unpaired) electrons. The first-order valence-electron chi connectivity index (χ1n) is 3.45. The number of carbonyl (C=O) groups is 1. The van der Waals surface area contributed by atoms with Gasteiger partial charge in [0.15, 0.2) is 0 Å². The Morgan fingerprint density at radius 1 is 1.38 bits per heavy atom. The first-order valence-corrected chi connectivity index (χ1v) is 5.61. The Balaban J connectivity index is 2.96. The highest BCUT2D eigenvalue weighted by molar-refractivity contribution is 14.1. The molecule has 0 bridgehead atoms. The number of carboxylic acid groups (broad SMARTS) is 1. The van der Waals surface area contributed by atoms with Gasteiger partial charge in [0, 0.05) is 13.2 Å². The minimum Gasteiger partial charge on any atom is -0.478 e. The highest BCUT2D eigenvalue weighted by Crippen LogP contribution is 2.17. The fourth-order valence-electron chi connectivity index (χ4n) is 0.798. The summed E-state index contributed by atoms with van der Waals surface area (Å²) in [5.74, 6) is -0.922. The molecule has 0 heterocycles. The summed E-state index contributed by atoms with van der Waals surface area (Å²) in [6.45, 7) is 0. The minimum absolute atomic E-state index is 0.922. The fraction of sp³-hybridized carbons (Fsp3) is 0. The van der Waals surface area contributed by atoms with Crippen molar-refractivity contribution in [3.8, 4) is 0 Å². The zero-order chi connectivity index (χ0) is 9.84. The van der Waals surface area contributed by atoms with Crippen molar-refractivity contribution in [2.75, 3.05) is 0 Å². The second kappa shape index (κ2) is 4.94. The van der Waals surface area contributed by atoms with Crippen LogP contribution in [0.15, 0.2) is 24.3 Å². The average Bonchev–Trinajstić information content (AvgIpc) is 2.02. The molecule has 0 aliphatic heterocycles. The molecule has 1 N–H and O–H groups in total. The quantitative estimate of drug-likeness (QED) is 0.613. The maximum absolute atomic E-state index is 10.3. The number of hydrogen-bond acceptors (Lipinski definition) is 1. The zero-order valence-corrected chi connectivity index (χ0v) is 10.8. The summed E-state index contributed by atoms with van der Waals surface area (Å²) in [4.78, 5) is 10.3. The molecule has 0 unspecified atom stereocenters. The van der Waals surface area contributed by atoms with Crippen molar-refractivity contribution < 1.29 is 9.90 Å². The lowest BCUT2D eigenvalue weighted by molar-refractivity contribution is -0.131. The van der Waals surface area contributed by atoms with Crippen LogP contribution in [-0.2, 0) is 4.79 Å². The van der Waals surface area contributed by atoms with E-state index in [1.807, 2.05) is 18.2 Å². The number of rotatable bonds is 2. The number of hydrogen-bond donors (Lipinski definition) is 1. The van der Waals surface area contributed by atoms with Gasteiger partial charge in [0.25, 0.3) is 0 Å². The van der Waals surface area contributed by atoms with Crippen LogP contribution in [0.5, 0.6) is 0 Å². The predicted octanol–water partition coefficient (Wildman–Crippen LogP) is 2.99. The summed E-state index contributed by atoms with van der Waals surface area (Å²) in [6.07, 6.45) is 2.74. The Bertz CT molecular complexity index is 359. The van der Waals surface area contributed by atoms with E-state index in [1.54, 1.807) is 6.08 Å². The molecular weight excluding hydrogens is 394 g/mol. The van der Waals surface area contributed by atoms with Crippen molar-refractivity contribution in [1.82, 2.24) is 0 Å². The lowest BCUT2D eigenvalue weighted by Crippen LogP contribution is -1.87. The molecule has 0 saturated heterocycles. The summed E-state index contributed by atoms with van der Waals surface area (Å²) in [5.41, 5.74) is 0.934. The van der Waals surface area contributed by atoms with E-state index in [0.29, 0.717) is 0 Å². The molecule has 0 atom stereocenters. The standard InChI is InChI=1S/C9H6I2O2/c10-7-3-1-6(8(11)5-7)2-4-9(12)13/h1-5H,(H,12,13). The molecule has 0 aliphatic carbocycles. The monoisotopic (exact) mass is 400 g/mol. The van der Waals surface area contributed by atoms with Crippen LogP contribution >= 0.6 is 45.2 Å². The molecule has 0 aromatic heterocycles. The van der Waals surface area contributed by atoms with E-state index >= 15 is 0 Å². The maximum atomic E-state index is 10.3. The van der Waals surface area contributed by atoms with Crippen LogP contribution in [-0.4, -0.2) is 11.1 Å². The second-order valence-electron chi connectivity index (χ2n) is 2.34. The number of aliphatic carboxylic acids is 1. The van der Waals surface area contributed by atoms with E-state index in [0.717, 1.165) is 18.8 Å². The maximum Gasteiger partial charge on any atom is 0.328 e. The summed E-state index contributed by atoms with van der Waals surface area (Å²) in [5, 5.41) is 8.43. The number of carboxylic acids is 1. The third-order valence-corrected chi connectivity index (χ3v) is 2.97. The lowest BCUT2D eigenvalue weighted by atomic mass is 10.2. The van der Waals surface area contributed by atoms with Crippen molar-refractivity contribution in [3.63, 3.8) is 0 Å². The van der Waals surface area contributed by atoms with Crippen molar-refractivity contribution in [3.05, 3.63) is 37.0 Å². The molecule has 0 amide bonds. The predicted molar refractivity (Wildman–Crippen MR) is 68.5 cm³/mol. The van der Waals surface area contributed by atoms with Crippen molar-refractivity contribution >= 4 is 57.2 Å². The summed E-state index contributed by atoms with van der Waals surface area (Å²) < 4.78 is 2.21. The number of benzene rings is 1. The van der Waals surface area contributed by atoms with Gasteiger partial charge in [-0.1, -0.05) is 6.07 Å².